The molecule has 1 aliphatic carbocycles. The molecule has 0 bridgehead atoms. The number of hydrogen-bond acceptors (Lipinski definition) is 0. The van der Waals surface area contributed by atoms with E-state index in [9.17, 15) is 0 Å². The molecule has 0 saturated heterocycles. The van der Waals surface area contributed by atoms with Gasteiger partial charge in [0, 0.05) is 5.92 Å². The molecule has 0 amide bonds. The van der Waals surface area contributed by atoms with Gasteiger partial charge >= 0.3 is 30.2 Å². The van der Waals surface area contributed by atoms with Gasteiger partial charge in [-0.15, -0.1) is 40.6 Å². The first-order valence-electron chi connectivity index (χ1n) is 5.19. The average molecular weight is 369 g/mol. The molecule has 0 aliphatic heterocycles. The second-order valence-corrected chi connectivity index (χ2v) is 3.71. The summed E-state index contributed by atoms with van der Waals surface area (Å²) in [5, 5.41) is 2.69. The van der Waals surface area contributed by atoms with E-state index in [1.807, 2.05) is 0 Å². The van der Waals surface area contributed by atoms with Crippen LogP contribution in [0.1, 0.15) is 11.5 Å². The van der Waals surface area contributed by atoms with Crippen LogP contribution in [0.4, 0.5) is 0 Å². The van der Waals surface area contributed by atoms with E-state index in [-0.39, 0.29) is 24.8 Å². The van der Waals surface area contributed by atoms with E-state index in [4.69, 9.17) is 0 Å². The second kappa shape index (κ2) is 8.98. The topological polar surface area (TPSA) is 0 Å². The van der Waals surface area contributed by atoms with Crippen molar-refractivity contribution >= 4 is 17.7 Å². The fourth-order valence-electron chi connectivity index (χ4n) is 2.02. The van der Waals surface area contributed by atoms with E-state index in [1.54, 1.807) is 0 Å². The maximum atomic E-state index is 3.06. The molecule has 18 heavy (non-hydrogen) atoms. The predicted octanol–water partition coefficient (Wildman–Crippen LogP) is -2.61. The van der Waals surface area contributed by atoms with E-state index >= 15 is 0 Å². The zero-order valence-electron chi connectivity index (χ0n) is 9.61. The third-order valence-corrected chi connectivity index (χ3v) is 2.77. The molecule has 90 valence electrons. The number of halogens is 2. The minimum absolute atomic E-state index is 0. The molecular formula is C14H11Cl2SiZr-. The monoisotopic (exact) mass is 367 g/mol. The first kappa shape index (κ1) is 18.0. The Morgan fingerprint density at radius 1 is 1.00 bits per heavy atom. The molecule has 0 atom stereocenters. The Balaban J connectivity index is 0.000000691. The van der Waals surface area contributed by atoms with Gasteiger partial charge in [-0.05, 0) is 0 Å². The van der Waals surface area contributed by atoms with Gasteiger partial charge in [0.25, 0.3) is 0 Å². The summed E-state index contributed by atoms with van der Waals surface area (Å²) >= 11 is 1.36. The Morgan fingerprint density at radius 3 is 2.22 bits per heavy atom. The van der Waals surface area contributed by atoms with Crippen LogP contribution in [0, 0.1) is 0 Å². The van der Waals surface area contributed by atoms with Gasteiger partial charge in [0.1, 0.15) is 0 Å². The molecule has 1 aliphatic rings. The van der Waals surface area contributed by atoms with Crippen molar-refractivity contribution in [2.24, 2.45) is 0 Å². The van der Waals surface area contributed by atoms with E-state index in [0.29, 0.717) is 5.92 Å². The van der Waals surface area contributed by atoms with Crippen molar-refractivity contribution in [3.8, 4) is 0 Å². The molecule has 0 fully saturated rings. The fourth-order valence-corrected chi connectivity index (χ4v) is 2.02. The van der Waals surface area contributed by atoms with Gasteiger partial charge in [0.15, 0.2) is 0 Å². The number of benzene rings is 1. The Hall–Kier alpha value is -0.01000. The third-order valence-electron chi connectivity index (χ3n) is 2.77. The van der Waals surface area contributed by atoms with Crippen LogP contribution in [-0.4, -0.2) is 6.88 Å². The van der Waals surface area contributed by atoms with Crippen molar-refractivity contribution in [2.75, 3.05) is 0 Å². The van der Waals surface area contributed by atoms with Crippen LogP contribution in [0.5, 0.6) is 0 Å². The predicted molar refractivity (Wildman–Crippen MR) is 66.3 cm³/mol. The van der Waals surface area contributed by atoms with Crippen LogP contribution in [0.25, 0.3) is 10.8 Å². The first-order valence-corrected chi connectivity index (χ1v) is 9.37. The summed E-state index contributed by atoms with van der Waals surface area (Å²) in [6.07, 6.45) is 8.69. The third kappa shape index (κ3) is 3.99. The summed E-state index contributed by atoms with van der Waals surface area (Å²) in [7, 11) is 0. The molecule has 0 aromatic heterocycles. The SMILES string of the molecule is C1=CC(c2cc3ccccc3[cH-]2)C=C1.[Cl-].[Cl-].[Si]=[Zr+2]. The van der Waals surface area contributed by atoms with Crippen molar-refractivity contribution in [2.45, 2.75) is 5.92 Å². The second-order valence-electron chi connectivity index (χ2n) is 3.71. The molecule has 3 rings (SSSR count). The van der Waals surface area contributed by atoms with Crippen LogP contribution >= 0.6 is 0 Å². The van der Waals surface area contributed by atoms with Crippen LogP contribution in [0.2, 0.25) is 0 Å². The number of fused-ring (bicyclic) bond motifs is 1. The number of allylic oxidation sites excluding steroid dienone is 4. The number of rotatable bonds is 1. The molecule has 0 N–H and O–H groups in total. The average Bonchev–Trinajstić information content (AvgIpc) is 3.00. The van der Waals surface area contributed by atoms with Crippen LogP contribution in [-0.2, 0) is 23.3 Å². The zero-order chi connectivity index (χ0) is 11.4. The van der Waals surface area contributed by atoms with E-state index in [0.717, 1.165) is 0 Å². The van der Waals surface area contributed by atoms with Crippen LogP contribution in [0.15, 0.2) is 60.7 Å². The summed E-state index contributed by atoms with van der Waals surface area (Å²) in [6.45, 7) is 3.06. The van der Waals surface area contributed by atoms with Crippen LogP contribution in [0.3, 0.4) is 0 Å². The van der Waals surface area contributed by atoms with Gasteiger partial charge < -0.3 is 24.8 Å². The van der Waals surface area contributed by atoms with Crippen molar-refractivity contribution < 1.29 is 48.1 Å². The van der Waals surface area contributed by atoms with Gasteiger partial charge in [-0.2, -0.15) is 6.07 Å². The summed E-state index contributed by atoms with van der Waals surface area (Å²) in [5.74, 6) is 0.488. The molecule has 4 heteroatoms. The molecule has 0 spiro atoms. The Bertz CT molecular complexity index is 500. The molecular weight excluding hydrogens is 358 g/mol. The van der Waals surface area contributed by atoms with E-state index < -0.39 is 0 Å². The van der Waals surface area contributed by atoms with Gasteiger partial charge in [0.05, 0.1) is 0 Å². The molecule has 0 heterocycles. The summed E-state index contributed by atoms with van der Waals surface area (Å²) in [6, 6.07) is 13.1. The quantitative estimate of drug-likeness (QED) is 0.382. The summed E-state index contributed by atoms with van der Waals surface area (Å²) in [4.78, 5) is 0. The van der Waals surface area contributed by atoms with Crippen molar-refractivity contribution in [1.29, 1.82) is 0 Å². The molecule has 2 radical (unpaired) electrons. The van der Waals surface area contributed by atoms with Gasteiger partial charge in [-0.3, -0.25) is 0 Å². The van der Waals surface area contributed by atoms with E-state index in [1.165, 1.54) is 39.7 Å². The van der Waals surface area contributed by atoms with Crippen molar-refractivity contribution in [3.05, 3.63) is 66.3 Å². The van der Waals surface area contributed by atoms with Crippen LogP contribution < -0.4 is 24.8 Å². The summed E-state index contributed by atoms with van der Waals surface area (Å²) < 4.78 is 0. The van der Waals surface area contributed by atoms with Gasteiger partial charge in [0.2, 0.25) is 0 Å². The Morgan fingerprint density at radius 2 is 1.61 bits per heavy atom. The minimum atomic E-state index is 0. The molecule has 2 aromatic carbocycles. The van der Waals surface area contributed by atoms with Crippen molar-refractivity contribution in [3.63, 3.8) is 0 Å². The Labute approximate surface area is 137 Å². The molecule has 0 saturated carbocycles. The molecule has 2 aromatic rings. The van der Waals surface area contributed by atoms with Gasteiger partial charge in [-0.1, -0.05) is 30.4 Å². The fraction of sp³-hybridized carbons (Fsp3) is 0.0714. The first-order chi connectivity index (χ1) is 7.93. The molecule has 0 unspecified atom stereocenters. The standard InChI is InChI=1S/C14H11.2ClH.Si.Zr/c1-2-6-11(5-1)14-9-12-7-3-4-8-13(12)10-14;;;;/h1-11H;2*1H;;/q-1;;;;+2/p-2. The molecule has 0 nitrogen and oxygen atoms in total. The number of hydrogen-bond donors (Lipinski definition) is 0. The van der Waals surface area contributed by atoms with Crippen molar-refractivity contribution in [1.82, 2.24) is 0 Å². The normalized spacial score (nSPS) is 12.6. The Kier molecular flexibility index (Phi) is 8.98. The zero-order valence-corrected chi connectivity index (χ0v) is 14.6. The van der Waals surface area contributed by atoms with Gasteiger partial charge in [-0.25, -0.2) is 0 Å². The summed E-state index contributed by atoms with van der Waals surface area (Å²) in [5.41, 5.74) is 1.40. The van der Waals surface area contributed by atoms with E-state index in [2.05, 4.69) is 67.6 Å². The maximum absolute atomic E-state index is 3.06.